The molecule has 0 fully saturated rings. The van der Waals surface area contributed by atoms with E-state index in [1.807, 2.05) is 44.3 Å². The Kier molecular flexibility index (Phi) is 3.94. The van der Waals surface area contributed by atoms with E-state index in [0.717, 1.165) is 17.1 Å². The topological polar surface area (TPSA) is 52.7 Å². The molecule has 4 nitrogen and oxygen atoms in total. The van der Waals surface area contributed by atoms with Crippen molar-refractivity contribution in [1.82, 2.24) is 15.3 Å². The van der Waals surface area contributed by atoms with Crippen LogP contribution < -0.4 is 10.6 Å². The van der Waals surface area contributed by atoms with Gasteiger partial charge in [-0.05, 0) is 50.3 Å². The molecule has 2 aromatic rings. The summed E-state index contributed by atoms with van der Waals surface area (Å²) in [6.07, 6.45) is 3.55. The number of hydrogen-bond acceptors (Lipinski definition) is 2. The van der Waals surface area contributed by atoms with E-state index in [1.165, 1.54) is 0 Å². The molecule has 0 bridgehead atoms. The van der Waals surface area contributed by atoms with Crippen molar-refractivity contribution in [3.8, 4) is 11.4 Å². The van der Waals surface area contributed by atoms with Crippen molar-refractivity contribution in [1.29, 1.82) is 0 Å². The molecule has 0 aliphatic carbocycles. The number of benzene rings is 1. The van der Waals surface area contributed by atoms with Crippen LogP contribution in [-0.4, -0.2) is 21.1 Å². The van der Waals surface area contributed by atoms with Crippen molar-refractivity contribution >= 4 is 23.0 Å². The van der Waals surface area contributed by atoms with Gasteiger partial charge in [0.25, 0.3) is 0 Å². The lowest BCUT2D eigenvalue weighted by Crippen LogP contribution is -2.33. The molecule has 0 atom stereocenters. The number of nitrogens with zero attached hydrogens (tertiary/aromatic N) is 1. The molecule has 1 aromatic heterocycles. The van der Waals surface area contributed by atoms with E-state index in [2.05, 4.69) is 20.6 Å². The van der Waals surface area contributed by atoms with Gasteiger partial charge in [-0.1, -0.05) is 0 Å². The Morgan fingerprint density at radius 2 is 2.00 bits per heavy atom. The average Bonchev–Trinajstić information content (AvgIpc) is 2.82. The molecule has 0 spiro atoms. The van der Waals surface area contributed by atoms with Crippen LogP contribution in [0.25, 0.3) is 11.4 Å². The van der Waals surface area contributed by atoms with Crippen LogP contribution in [0.5, 0.6) is 0 Å². The molecular formula is C13H16N4S. The van der Waals surface area contributed by atoms with Gasteiger partial charge in [-0.2, -0.15) is 0 Å². The van der Waals surface area contributed by atoms with Gasteiger partial charge in [0.2, 0.25) is 0 Å². The fourth-order valence-corrected chi connectivity index (χ4v) is 1.92. The number of imidazole rings is 1. The largest absolute Gasteiger partial charge is 0.360 e. The molecule has 0 saturated carbocycles. The van der Waals surface area contributed by atoms with Gasteiger partial charge in [-0.25, -0.2) is 4.98 Å². The highest BCUT2D eigenvalue weighted by atomic mass is 32.1. The number of aromatic amines is 1. The Morgan fingerprint density at radius 1 is 1.28 bits per heavy atom. The molecule has 3 N–H and O–H groups in total. The average molecular weight is 260 g/mol. The summed E-state index contributed by atoms with van der Waals surface area (Å²) in [5, 5.41) is 6.91. The predicted molar refractivity (Wildman–Crippen MR) is 78.5 cm³/mol. The zero-order valence-corrected chi connectivity index (χ0v) is 11.2. The summed E-state index contributed by atoms with van der Waals surface area (Å²) in [5.41, 5.74) is 2.01. The summed E-state index contributed by atoms with van der Waals surface area (Å²) in [6, 6.07) is 8.28. The Balaban J connectivity index is 2.02. The first-order chi connectivity index (χ1) is 8.65. The third kappa shape index (κ3) is 3.30. The fourth-order valence-electron chi connectivity index (χ4n) is 1.56. The van der Waals surface area contributed by atoms with Crippen molar-refractivity contribution in [2.75, 3.05) is 5.32 Å². The van der Waals surface area contributed by atoms with Gasteiger partial charge < -0.3 is 15.6 Å². The van der Waals surface area contributed by atoms with Crippen LogP contribution in [0.15, 0.2) is 36.7 Å². The summed E-state index contributed by atoms with van der Waals surface area (Å²) in [4.78, 5) is 7.27. The van der Waals surface area contributed by atoms with Gasteiger partial charge >= 0.3 is 0 Å². The normalized spacial score (nSPS) is 10.4. The molecule has 5 heteroatoms. The smallest absolute Gasteiger partial charge is 0.170 e. The SMILES string of the molecule is CC(C)NC(=S)Nc1ccc(-c2ncc[nH]2)cc1. The molecule has 0 radical (unpaired) electrons. The first kappa shape index (κ1) is 12.6. The number of nitrogens with one attached hydrogen (secondary N) is 3. The Labute approximate surface area is 112 Å². The predicted octanol–water partition coefficient (Wildman–Crippen LogP) is 2.77. The zero-order valence-electron chi connectivity index (χ0n) is 10.4. The van der Waals surface area contributed by atoms with Crippen LogP contribution in [0.4, 0.5) is 5.69 Å². The lowest BCUT2D eigenvalue weighted by Gasteiger charge is -2.13. The summed E-state index contributed by atoms with van der Waals surface area (Å²) in [7, 11) is 0. The second-order valence-electron chi connectivity index (χ2n) is 4.27. The molecule has 1 heterocycles. The minimum Gasteiger partial charge on any atom is -0.360 e. The highest BCUT2D eigenvalue weighted by Gasteiger charge is 2.01. The Morgan fingerprint density at radius 3 is 2.56 bits per heavy atom. The third-order valence-corrected chi connectivity index (χ3v) is 2.55. The number of anilines is 1. The van der Waals surface area contributed by atoms with Crippen molar-refractivity contribution in [2.45, 2.75) is 19.9 Å². The monoisotopic (exact) mass is 260 g/mol. The minimum atomic E-state index is 0.326. The van der Waals surface area contributed by atoms with Gasteiger partial charge in [-0.3, -0.25) is 0 Å². The molecule has 18 heavy (non-hydrogen) atoms. The first-order valence-electron chi connectivity index (χ1n) is 5.82. The molecule has 1 aromatic carbocycles. The second-order valence-corrected chi connectivity index (χ2v) is 4.68. The van der Waals surface area contributed by atoms with Crippen molar-refractivity contribution < 1.29 is 0 Å². The van der Waals surface area contributed by atoms with E-state index >= 15 is 0 Å². The number of rotatable bonds is 3. The summed E-state index contributed by atoms with van der Waals surface area (Å²) in [5.74, 6) is 0.865. The van der Waals surface area contributed by atoms with Gasteiger partial charge in [0, 0.05) is 29.7 Å². The molecule has 2 rings (SSSR count). The van der Waals surface area contributed by atoms with E-state index < -0.39 is 0 Å². The molecule has 94 valence electrons. The van der Waals surface area contributed by atoms with Gasteiger partial charge in [0.15, 0.2) is 5.11 Å². The van der Waals surface area contributed by atoms with E-state index in [4.69, 9.17) is 12.2 Å². The Hall–Kier alpha value is -1.88. The molecule has 0 unspecified atom stereocenters. The van der Waals surface area contributed by atoms with Gasteiger partial charge in [-0.15, -0.1) is 0 Å². The molecule has 0 saturated heterocycles. The van der Waals surface area contributed by atoms with E-state index in [1.54, 1.807) is 6.20 Å². The standard InChI is InChI=1S/C13H16N4S/c1-9(2)16-13(18)17-11-5-3-10(4-6-11)12-14-7-8-15-12/h3-9H,1-2H3,(H,14,15)(H2,16,17,18). The van der Waals surface area contributed by atoms with E-state index in [9.17, 15) is 0 Å². The van der Waals surface area contributed by atoms with Crippen LogP contribution in [-0.2, 0) is 0 Å². The lowest BCUT2D eigenvalue weighted by atomic mass is 10.2. The molecule has 0 aliphatic rings. The zero-order chi connectivity index (χ0) is 13.0. The number of hydrogen-bond donors (Lipinski definition) is 3. The highest BCUT2D eigenvalue weighted by Crippen LogP contribution is 2.17. The quantitative estimate of drug-likeness (QED) is 0.743. The summed E-state index contributed by atoms with van der Waals surface area (Å²) in [6.45, 7) is 4.10. The van der Waals surface area contributed by atoms with Crippen molar-refractivity contribution in [3.05, 3.63) is 36.7 Å². The van der Waals surface area contributed by atoms with Crippen molar-refractivity contribution in [3.63, 3.8) is 0 Å². The minimum absolute atomic E-state index is 0.326. The maximum atomic E-state index is 5.18. The number of H-pyrrole nitrogens is 1. The lowest BCUT2D eigenvalue weighted by molar-refractivity contribution is 0.739. The van der Waals surface area contributed by atoms with Crippen LogP contribution >= 0.6 is 12.2 Å². The van der Waals surface area contributed by atoms with Crippen LogP contribution in [0, 0.1) is 0 Å². The van der Waals surface area contributed by atoms with Crippen molar-refractivity contribution in [2.24, 2.45) is 0 Å². The molecule has 0 amide bonds. The van der Waals surface area contributed by atoms with Crippen LogP contribution in [0.3, 0.4) is 0 Å². The van der Waals surface area contributed by atoms with Crippen LogP contribution in [0.1, 0.15) is 13.8 Å². The third-order valence-electron chi connectivity index (χ3n) is 2.33. The Bertz CT molecular complexity index is 502. The summed E-state index contributed by atoms with van der Waals surface area (Å²) >= 11 is 5.18. The number of aromatic nitrogens is 2. The van der Waals surface area contributed by atoms with E-state index in [-0.39, 0.29) is 0 Å². The van der Waals surface area contributed by atoms with E-state index in [0.29, 0.717) is 11.2 Å². The highest BCUT2D eigenvalue weighted by molar-refractivity contribution is 7.80. The van der Waals surface area contributed by atoms with Gasteiger partial charge in [0.05, 0.1) is 0 Å². The second kappa shape index (κ2) is 5.64. The maximum Gasteiger partial charge on any atom is 0.170 e. The number of thiocarbonyl (C=S) groups is 1. The summed E-state index contributed by atoms with van der Waals surface area (Å²) < 4.78 is 0. The van der Waals surface area contributed by atoms with Gasteiger partial charge in [0.1, 0.15) is 5.82 Å². The molecule has 0 aliphatic heterocycles. The first-order valence-corrected chi connectivity index (χ1v) is 6.23. The molecular weight excluding hydrogens is 244 g/mol. The van der Waals surface area contributed by atoms with Crippen LogP contribution in [0.2, 0.25) is 0 Å². The fraction of sp³-hybridized carbons (Fsp3) is 0.231. The maximum absolute atomic E-state index is 5.18.